The first-order chi connectivity index (χ1) is 9.70. The molecule has 1 aromatic carbocycles. The molecule has 104 valence electrons. The minimum Gasteiger partial charge on any atom is -0.351 e. The van der Waals surface area contributed by atoms with E-state index in [2.05, 4.69) is 17.3 Å². The van der Waals surface area contributed by atoms with Crippen LogP contribution in [0.1, 0.15) is 12.0 Å². The lowest BCUT2D eigenvalue weighted by Gasteiger charge is -2.28. The molecule has 0 saturated carbocycles. The van der Waals surface area contributed by atoms with E-state index in [1.165, 1.54) is 5.01 Å². The Labute approximate surface area is 117 Å². The lowest BCUT2D eigenvalue weighted by molar-refractivity contribution is -0.137. The van der Waals surface area contributed by atoms with Gasteiger partial charge in [0.05, 0.1) is 5.70 Å². The number of hydrazine groups is 1. The van der Waals surface area contributed by atoms with E-state index in [4.69, 9.17) is 0 Å². The summed E-state index contributed by atoms with van der Waals surface area (Å²) in [6.07, 6.45) is 3.71. The molecule has 0 bridgehead atoms. The van der Waals surface area contributed by atoms with E-state index >= 15 is 0 Å². The highest BCUT2D eigenvalue weighted by Crippen LogP contribution is 2.16. The van der Waals surface area contributed by atoms with Crippen molar-refractivity contribution in [3.63, 3.8) is 0 Å². The third-order valence-electron chi connectivity index (χ3n) is 2.87. The van der Waals surface area contributed by atoms with Gasteiger partial charge in [-0.3, -0.25) is 15.0 Å². The van der Waals surface area contributed by atoms with Gasteiger partial charge >= 0.3 is 0 Å². The second-order valence-corrected chi connectivity index (χ2v) is 4.37. The van der Waals surface area contributed by atoms with Gasteiger partial charge in [0.2, 0.25) is 11.8 Å². The molecule has 0 aromatic heterocycles. The Morgan fingerprint density at radius 2 is 2.15 bits per heavy atom. The van der Waals surface area contributed by atoms with Crippen molar-refractivity contribution in [3.05, 3.63) is 54.6 Å². The number of carbonyl (C=O) groups is 2. The first-order valence-electron chi connectivity index (χ1n) is 6.41. The molecule has 0 unspecified atom stereocenters. The SMILES string of the molecule is C=CCNC(=O)CN1NC(c2ccccc2)=CCC1=O. The maximum absolute atomic E-state index is 11.8. The third-order valence-corrected chi connectivity index (χ3v) is 2.87. The second kappa shape index (κ2) is 6.56. The van der Waals surface area contributed by atoms with E-state index in [-0.39, 0.29) is 24.8 Å². The smallest absolute Gasteiger partial charge is 0.245 e. The van der Waals surface area contributed by atoms with Crippen LogP contribution in [0.15, 0.2) is 49.1 Å². The number of amides is 2. The van der Waals surface area contributed by atoms with Crippen LogP contribution in [0, 0.1) is 0 Å². The largest absolute Gasteiger partial charge is 0.351 e. The van der Waals surface area contributed by atoms with Gasteiger partial charge in [0.1, 0.15) is 6.54 Å². The van der Waals surface area contributed by atoms with Crippen LogP contribution in [-0.2, 0) is 9.59 Å². The molecule has 5 heteroatoms. The van der Waals surface area contributed by atoms with Crippen molar-refractivity contribution in [3.8, 4) is 0 Å². The van der Waals surface area contributed by atoms with Crippen molar-refractivity contribution in [1.82, 2.24) is 15.8 Å². The Morgan fingerprint density at radius 1 is 1.40 bits per heavy atom. The molecule has 0 spiro atoms. The van der Waals surface area contributed by atoms with E-state index in [1.807, 2.05) is 36.4 Å². The van der Waals surface area contributed by atoms with Gasteiger partial charge in [-0.25, -0.2) is 5.01 Å². The van der Waals surface area contributed by atoms with Crippen LogP contribution in [-0.4, -0.2) is 29.9 Å². The molecule has 20 heavy (non-hydrogen) atoms. The molecule has 2 N–H and O–H groups in total. The quantitative estimate of drug-likeness (QED) is 0.787. The van der Waals surface area contributed by atoms with Gasteiger partial charge in [-0.1, -0.05) is 36.4 Å². The van der Waals surface area contributed by atoms with E-state index < -0.39 is 0 Å². The van der Waals surface area contributed by atoms with Crippen LogP contribution in [0.3, 0.4) is 0 Å². The Kier molecular flexibility index (Phi) is 4.55. The number of hydrogen-bond acceptors (Lipinski definition) is 3. The summed E-state index contributed by atoms with van der Waals surface area (Å²) in [5.74, 6) is -0.349. The highest BCUT2D eigenvalue weighted by Gasteiger charge is 2.21. The maximum Gasteiger partial charge on any atom is 0.245 e. The fraction of sp³-hybridized carbons (Fsp3) is 0.200. The Hall–Kier alpha value is -2.56. The lowest BCUT2D eigenvalue weighted by Crippen LogP contribution is -2.49. The maximum atomic E-state index is 11.8. The third kappa shape index (κ3) is 3.47. The molecule has 0 saturated heterocycles. The summed E-state index contributed by atoms with van der Waals surface area (Å²) in [4.78, 5) is 23.4. The number of nitrogens with one attached hydrogen (secondary N) is 2. The van der Waals surface area contributed by atoms with E-state index in [0.717, 1.165) is 11.3 Å². The minimum atomic E-state index is -0.222. The Balaban J connectivity index is 2.02. The predicted octanol–water partition coefficient (Wildman–Crippen LogP) is 1.07. The summed E-state index contributed by atoms with van der Waals surface area (Å²) in [6, 6.07) is 9.68. The molecule has 2 amide bonds. The molecular weight excluding hydrogens is 254 g/mol. The van der Waals surface area contributed by atoms with Crippen LogP contribution >= 0.6 is 0 Å². The van der Waals surface area contributed by atoms with Gasteiger partial charge in [-0.2, -0.15) is 0 Å². The van der Waals surface area contributed by atoms with Gasteiger partial charge in [0.25, 0.3) is 0 Å². The van der Waals surface area contributed by atoms with E-state index in [1.54, 1.807) is 6.08 Å². The minimum absolute atomic E-state index is 0.0170. The molecule has 1 heterocycles. The van der Waals surface area contributed by atoms with Gasteiger partial charge in [0, 0.05) is 13.0 Å². The normalized spacial score (nSPS) is 14.3. The zero-order chi connectivity index (χ0) is 14.4. The van der Waals surface area contributed by atoms with Crippen LogP contribution in [0.25, 0.3) is 5.70 Å². The second-order valence-electron chi connectivity index (χ2n) is 4.37. The van der Waals surface area contributed by atoms with Crippen LogP contribution in [0.4, 0.5) is 0 Å². The van der Waals surface area contributed by atoms with Crippen LogP contribution < -0.4 is 10.7 Å². The number of hydrogen-bond donors (Lipinski definition) is 2. The first-order valence-corrected chi connectivity index (χ1v) is 6.41. The van der Waals surface area contributed by atoms with E-state index in [9.17, 15) is 9.59 Å². The highest BCUT2D eigenvalue weighted by molar-refractivity contribution is 5.88. The summed E-state index contributed by atoms with van der Waals surface area (Å²) in [7, 11) is 0. The number of benzene rings is 1. The van der Waals surface area contributed by atoms with Crippen molar-refractivity contribution >= 4 is 17.5 Å². The summed E-state index contributed by atoms with van der Waals surface area (Å²) < 4.78 is 0. The number of rotatable bonds is 5. The summed E-state index contributed by atoms with van der Waals surface area (Å²) >= 11 is 0. The molecule has 0 radical (unpaired) electrons. The zero-order valence-electron chi connectivity index (χ0n) is 11.1. The predicted molar refractivity (Wildman–Crippen MR) is 77.1 cm³/mol. The van der Waals surface area contributed by atoms with Crippen LogP contribution in [0.2, 0.25) is 0 Å². The molecule has 1 aliphatic heterocycles. The molecule has 0 fully saturated rings. The average molecular weight is 271 g/mol. The molecule has 0 aliphatic carbocycles. The number of carbonyl (C=O) groups excluding carboxylic acids is 2. The van der Waals surface area contributed by atoms with Gasteiger partial charge in [-0.15, -0.1) is 6.58 Å². The van der Waals surface area contributed by atoms with E-state index in [0.29, 0.717) is 6.54 Å². The Morgan fingerprint density at radius 3 is 2.85 bits per heavy atom. The first kappa shape index (κ1) is 13.9. The molecule has 1 aliphatic rings. The van der Waals surface area contributed by atoms with Crippen molar-refractivity contribution in [2.75, 3.05) is 13.1 Å². The molecule has 2 rings (SSSR count). The lowest BCUT2D eigenvalue weighted by atomic mass is 10.1. The number of nitrogens with zero attached hydrogens (tertiary/aromatic N) is 1. The molecule has 0 atom stereocenters. The van der Waals surface area contributed by atoms with Crippen LogP contribution in [0.5, 0.6) is 0 Å². The molecular formula is C15H17N3O2. The average Bonchev–Trinajstić information content (AvgIpc) is 2.48. The monoisotopic (exact) mass is 271 g/mol. The fourth-order valence-corrected chi connectivity index (χ4v) is 1.87. The zero-order valence-corrected chi connectivity index (χ0v) is 11.1. The Bertz CT molecular complexity index is 537. The van der Waals surface area contributed by atoms with Crippen molar-refractivity contribution in [2.45, 2.75) is 6.42 Å². The summed E-state index contributed by atoms with van der Waals surface area (Å²) in [5.41, 5.74) is 4.80. The topological polar surface area (TPSA) is 61.4 Å². The van der Waals surface area contributed by atoms with Crippen molar-refractivity contribution in [2.24, 2.45) is 0 Å². The standard InChI is InChI=1S/C15H17N3O2/c1-2-10-16-14(19)11-18-15(20)9-8-13(17-18)12-6-4-3-5-7-12/h2-8,17H,1,9-11H2,(H,16,19). The van der Waals surface area contributed by atoms with Crippen molar-refractivity contribution < 1.29 is 9.59 Å². The fourth-order valence-electron chi connectivity index (χ4n) is 1.87. The highest BCUT2D eigenvalue weighted by atomic mass is 16.2. The molecule has 5 nitrogen and oxygen atoms in total. The van der Waals surface area contributed by atoms with Crippen molar-refractivity contribution in [1.29, 1.82) is 0 Å². The summed E-state index contributed by atoms with van der Waals surface area (Å²) in [5, 5.41) is 3.98. The van der Waals surface area contributed by atoms with Gasteiger partial charge in [-0.05, 0) is 11.6 Å². The summed E-state index contributed by atoms with van der Waals surface area (Å²) in [6.45, 7) is 3.90. The van der Waals surface area contributed by atoms with Gasteiger partial charge < -0.3 is 5.32 Å². The molecule has 1 aromatic rings. The van der Waals surface area contributed by atoms with Gasteiger partial charge in [0.15, 0.2) is 0 Å².